The normalized spacial score (nSPS) is 18.4. The zero-order valence-corrected chi connectivity index (χ0v) is 27.5. The first-order valence-corrected chi connectivity index (χ1v) is 16.9. The van der Waals surface area contributed by atoms with E-state index in [4.69, 9.17) is 19.9 Å². The van der Waals surface area contributed by atoms with E-state index in [1.165, 1.54) is 23.1 Å². The summed E-state index contributed by atoms with van der Waals surface area (Å²) in [6.07, 6.45) is 9.35. The number of carbonyl (C=O) groups is 1. The summed E-state index contributed by atoms with van der Waals surface area (Å²) >= 11 is 1.42. The van der Waals surface area contributed by atoms with Crippen LogP contribution in [-0.2, 0) is 18.3 Å². The summed E-state index contributed by atoms with van der Waals surface area (Å²) in [5, 5.41) is 33.4. The molecule has 2 aliphatic heterocycles. The summed E-state index contributed by atoms with van der Waals surface area (Å²) < 4.78 is 15.3. The predicted molar refractivity (Wildman–Crippen MR) is 187 cm³/mol. The molecule has 0 radical (unpaired) electrons. The monoisotopic (exact) mass is 647 g/mol. The van der Waals surface area contributed by atoms with Crippen LogP contribution in [0.1, 0.15) is 72.2 Å². The van der Waals surface area contributed by atoms with E-state index in [0.29, 0.717) is 34.4 Å². The highest BCUT2D eigenvalue weighted by Gasteiger charge is 2.26. The molecule has 4 heterocycles. The molecule has 3 N–H and O–H groups in total. The molecule has 2 atom stereocenters. The van der Waals surface area contributed by atoms with Gasteiger partial charge >= 0.3 is 5.97 Å². The first-order valence-electron chi connectivity index (χ1n) is 16.1. The van der Waals surface area contributed by atoms with Crippen molar-refractivity contribution in [2.75, 3.05) is 6.61 Å². The highest BCUT2D eigenvalue weighted by Crippen LogP contribution is 2.44. The van der Waals surface area contributed by atoms with Gasteiger partial charge in [0.15, 0.2) is 0 Å². The molecule has 240 valence electrons. The van der Waals surface area contributed by atoms with Crippen LogP contribution in [0.3, 0.4) is 0 Å². The number of rotatable bonds is 3. The van der Waals surface area contributed by atoms with Crippen LogP contribution in [0.5, 0.6) is 11.5 Å². The number of ether oxygens (including phenoxy) is 2. The molecule has 4 bridgehead atoms. The maximum Gasteiger partial charge on any atom is 0.307 e. The van der Waals surface area contributed by atoms with Gasteiger partial charge < -0.3 is 25.4 Å². The molecule has 0 amide bonds. The van der Waals surface area contributed by atoms with Gasteiger partial charge in [0.2, 0.25) is 0 Å². The molecule has 9 nitrogen and oxygen atoms in total. The van der Waals surface area contributed by atoms with Gasteiger partial charge in [-0.05, 0) is 98.0 Å². The standard InChI is InChI=1S/C37H37N5O4S/c1-20-12-30-36-35(26(20)16-34(43)44)23-8-9-32-27(13-23)22(10-11-45-32)7-5-4-6-21(2)46-33-17-31-25(19-40-42(31)3)14-28(33)29(39)15-24(18-38)37(41-30)47-36/h8-9,12-15,17-19,21-22,38-39H,4-7,10-11,16H2,1-3H3,(H,43,44)/t21-,22?/m0/s1. The Morgan fingerprint density at radius 2 is 1.98 bits per heavy atom. The van der Waals surface area contributed by atoms with Crippen molar-refractivity contribution in [2.24, 2.45) is 7.05 Å². The topological polar surface area (TPSA) is 134 Å². The Morgan fingerprint density at radius 1 is 1.15 bits per heavy atom. The first kappa shape index (κ1) is 30.8. The molecule has 0 fully saturated rings. The number of aliphatic carboxylic acids is 1. The van der Waals surface area contributed by atoms with Gasteiger partial charge in [-0.25, -0.2) is 4.98 Å². The van der Waals surface area contributed by atoms with E-state index >= 15 is 0 Å². The van der Waals surface area contributed by atoms with Crippen molar-refractivity contribution in [1.29, 1.82) is 10.8 Å². The third-order valence-electron chi connectivity index (χ3n) is 9.38. The average molecular weight is 648 g/mol. The summed E-state index contributed by atoms with van der Waals surface area (Å²) in [7, 11) is 1.89. The predicted octanol–water partition coefficient (Wildman–Crippen LogP) is 8.09. The number of fused-ring (bicyclic) bond motifs is 5. The highest BCUT2D eigenvalue weighted by atomic mass is 32.1. The third kappa shape index (κ3) is 5.82. The van der Waals surface area contributed by atoms with E-state index in [-0.39, 0.29) is 18.2 Å². The Bertz CT molecular complexity index is 2110. The molecule has 47 heavy (non-hydrogen) atoms. The molecule has 3 aromatic carbocycles. The highest BCUT2D eigenvalue weighted by molar-refractivity contribution is 7.20. The second-order valence-corrected chi connectivity index (χ2v) is 13.6. The van der Waals surface area contributed by atoms with Crippen LogP contribution in [0.15, 0.2) is 48.7 Å². The number of hydrogen-bond acceptors (Lipinski definition) is 8. The van der Waals surface area contributed by atoms with Crippen molar-refractivity contribution in [2.45, 2.75) is 64.4 Å². The van der Waals surface area contributed by atoms with Crippen molar-refractivity contribution in [3.05, 3.63) is 75.9 Å². The Hall–Kier alpha value is -4.83. The minimum Gasteiger partial charge on any atom is -0.493 e. The number of carboxylic acids is 1. The van der Waals surface area contributed by atoms with Gasteiger partial charge in [-0.2, -0.15) is 5.10 Å². The van der Waals surface area contributed by atoms with E-state index in [1.807, 2.05) is 44.3 Å². The lowest BCUT2D eigenvalue weighted by molar-refractivity contribution is -0.136. The number of aryl methyl sites for hydroxylation is 2. The molecule has 2 aliphatic rings. The minimum atomic E-state index is -0.894. The second-order valence-electron chi connectivity index (χ2n) is 12.6. The molecular formula is C37H37N5O4S. The largest absolute Gasteiger partial charge is 0.493 e. The average Bonchev–Trinajstić information content (AvgIpc) is 3.63. The molecule has 5 aromatic rings. The van der Waals surface area contributed by atoms with Crippen molar-refractivity contribution in [3.63, 3.8) is 0 Å². The number of thiazole rings is 1. The Morgan fingerprint density at radius 3 is 2.79 bits per heavy atom. The summed E-state index contributed by atoms with van der Waals surface area (Å²) in [4.78, 5) is 17.1. The molecule has 10 heteroatoms. The third-order valence-corrected chi connectivity index (χ3v) is 10.5. The number of carboxylic acid groups (broad SMARTS) is 1. The zero-order chi connectivity index (χ0) is 32.8. The molecule has 0 saturated carbocycles. The number of nitrogens with zero attached hydrogens (tertiary/aromatic N) is 3. The van der Waals surface area contributed by atoms with Crippen molar-refractivity contribution >= 4 is 55.9 Å². The second kappa shape index (κ2) is 12.4. The lowest BCUT2D eigenvalue weighted by atomic mass is 9.85. The zero-order valence-electron chi connectivity index (χ0n) is 26.7. The smallest absolute Gasteiger partial charge is 0.307 e. The van der Waals surface area contributed by atoms with Crippen molar-refractivity contribution in [1.82, 2.24) is 14.8 Å². The molecule has 2 aromatic heterocycles. The number of nitrogens with one attached hydrogen (secondary N) is 2. The Kier molecular flexibility index (Phi) is 8.13. The number of aromatic nitrogens is 3. The van der Waals surface area contributed by atoms with E-state index in [2.05, 4.69) is 18.1 Å². The molecule has 0 aliphatic carbocycles. The van der Waals surface area contributed by atoms with Gasteiger partial charge in [-0.15, -0.1) is 11.3 Å². The summed E-state index contributed by atoms with van der Waals surface area (Å²) in [5.41, 5.74) is 7.56. The van der Waals surface area contributed by atoms with E-state index < -0.39 is 5.97 Å². The fourth-order valence-corrected chi connectivity index (χ4v) is 8.07. The van der Waals surface area contributed by atoms with E-state index in [1.54, 1.807) is 17.0 Å². The van der Waals surface area contributed by atoms with Gasteiger partial charge in [0.05, 0.1) is 46.8 Å². The molecule has 0 spiro atoms. The van der Waals surface area contributed by atoms with Crippen LogP contribution in [0.2, 0.25) is 0 Å². The lowest BCUT2D eigenvalue weighted by Gasteiger charge is -2.27. The Balaban J connectivity index is 1.44. The van der Waals surface area contributed by atoms with Gasteiger partial charge in [0.25, 0.3) is 0 Å². The van der Waals surface area contributed by atoms with Crippen LogP contribution < -0.4 is 9.47 Å². The van der Waals surface area contributed by atoms with Crippen LogP contribution in [0, 0.1) is 17.7 Å². The quantitative estimate of drug-likeness (QED) is 0.170. The fourth-order valence-electron chi connectivity index (χ4n) is 6.95. The van der Waals surface area contributed by atoms with Gasteiger partial charge in [0, 0.05) is 41.4 Å². The van der Waals surface area contributed by atoms with Crippen molar-refractivity contribution < 1.29 is 19.4 Å². The van der Waals surface area contributed by atoms with Crippen LogP contribution in [0.25, 0.3) is 37.8 Å². The fraction of sp³-hybridized carbons (Fsp3) is 0.324. The Labute approximate surface area is 276 Å². The number of hydrogen-bond donors (Lipinski definition) is 3. The maximum atomic E-state index is 12.1. The van der Waals surface area contributed by atoms with Crippen molar-refractivity contribution in [3.8, 4) is 22.6 Å². The van der Waals surface area contributed by atoms with Crippen LogP contribution in [0.4, 0.5) is 0 Å². The SMILES string of the molecule is Cc1cc2nc3sc2c(c1CC(=O)O)-c1ccc2c(c1)C(CCCC[C@H](C)Oc1cc4c(cnn4C)cc1C(=N)C=C3C=N)CCO2. The lowest BCUT2D eigenvalue weighted by Crippen LogP contribution is -2.16. The van der Waals surface area contributed by atoms with Gasteiger partial charge in [0.1, 0.15) is 16.5 Å². The molecule has 1 unspecified atom stereocenters. The van der Waals surface area contributed by atoms with E-state index in [9.17, 15) is 15.3 Å². The number of allylic oxidation sites excluding steroid dienone is 2. The molecule has 7 rings (SSSR count). The molecule has 0 saturated heterocycles. The summed E-state index contributed by atoms with van der Waals surface area (Å²) in [6.45, 7) is 4.69. The molecular weight excluding hydrogens is 611 g/mol. The van der Waals surface area contributed by atoms with Gasteiger partial charge in [-0.3, -0.25) is 9.48 Å². The number of benzene rings is 3. The summed E-state index contributed by atoms with van der Waals surface area (Å²) in [5.74, 6) is 0.952. The first-order chi connectivity index (χ1) is 22.7. The van der Waals surface area contributed by atoms with E-state index in [0.717, 1.165) is 81.2 Å². The van der Waals surface area contributed by atoms with Crippen LogP contribution >= 0.6 is 11.3 Å². The summed E-state index contributed by atoms with van der Waals surface area (Å²) in [6, 6.07) is 12.1. The minimum absolute atomic E-state index is 0.0635. The maximum absolute atomic E-state index is 12.1. The van der Waals surface area contributed by atoms with Gasteiger partial charge in [-0.1, -0.05) is 12.5 Å². The van der Waals surface area contributed by atoms with Crippen LogP contribution in [-0.4, -0.2) is 50.5 Å².